The average Bonchev–Trinajstić information content (AvgIpc) is 3.00. The van der Waals surface area contributed by atoms with E-state index in [-0.39, 0.29) is 16.1 Å². The van der Waals surface area contributed by atoms with Gasteiger partial charge in [-0.05, 0) is 25.7 Å². The molecule has 2 aliphatic rings. The van der Waals surface area contributed by atoms with Gasteiger partial charge in [-0.25, -0.2) is 13.2 Å². The Bertz CT molecular complexity index is 660. The van der Waals surface area contributed by atoms with Crippen LogP contribution >= 0.6 is 0 Å². The molecule has 2 heterocycles. The number of rotatable bonds is 3. The van der Waals surface area contributed by atoms with E-state index >= 15 is 0 Å². The molecule has 0 bridgehead atoms. The second-order valence-corrected chi connectivity index (χ2v) is 7.38. The minimum absolute atomic E-state index is 0.194. The number of hydrogen-bond acceptors (Lipinski definition) is 4. The molecule has 0 amide bonds. The van der Waals surface area contributed by atoms with Crippen LogP contribution in [-0.4, -0.2) is 45.7 Å². The summed E-state index contributed by atoms with van der Waals surface area (Å²) in [6.45, 7) is 0.469. The zero-order valence-corrected chi connectivity index (χ0v) is 12.1. The number of nitrogens with zero attached hydrogens (tertiary/aromatic N) is 3. The van der Waals surface area contributed by atoms with Crippen molar-refractivity contribution in [1.82, 2.24) is 14.1 Å². The zero-order valence-electron chi connectivity index (χ0n) is 11.2. The number of aromatic nitrogens is 2. The van der Waals surface area contributed by atoms with E-state index in [2.05, 4.69) is 5.10 Å². The van der Waals surface area contributed by atoms with Gasteiger partial charge in [-0.1, -0.05) is 6.42 Å². The summed E-state index contributed by atoms with van der Waals surface area (Å²) in [7, 11) is -2.36. The Morgan fingerprint density at radius 2 is 2.05 bits per heavy atom. The van der Waals surface area contributed by atoms with E-state index in [1.807, 2.05) is 0 Å². The average molecular weight is 299 g/mol. The zero-order chi connectivity index (χ0) is 14.5. The van der Waals surface area contributed by atoms with Crippen LogP contribution in [0.3, 0.4) is 0 Å². The topological polar surface area (TPSA) is 92.5 Å². The molecule has 0 aromatic carbocycles. The molecule has 1 spiro atoms. The molecule has 7 nitrogen and oxygen atoms in total. The van der Waals surface area contributed by atoms with Gasteiger partial charge in [0, 0.05) is 19.1 Å². The van der Waals surface area contributed by atoms with Crippen molar-refractivity contribution in [1.29, 1.82) is 0 Å². The van der Waals surface area contributed by atoms with E-state index in [0.29, 0.717) is 6.54 Å². The van der Waals surface area contributed by atoms with Gasteiger partial charge in [-0.2, -0.15) is 9.40 Å². The second-order valence-electron chi connectivity index (χ2n) is 5.54. The molecule has 8 heteroatoms. The van der Waals surface area contributed by atoms with Gasteiger partial charge in [0.25, 0.3) is 0 Å². The van der Waals surface area contributed by atoms with Crippen molar-refractivity contribution < 1.29 is 18.3 Å². The number of hydrogen-bond donors (Lipinski definition) is 1. The third kappa shape index (κ3) is 1.86. The maximum atomic E-state index is 12.8. The molecule has 2 fully saturated rings. The molecule has 1 aliphatic carbocycles. The van der Waals surface area contributed by atoms with Gasteiger partial charge in [0.15, 0.2) is 5.69 Å². The van der Waals surface area contributed by atoms with Gasteiger partial charge in [0.1, 0.15) is 4.90 Å². The summed E-state index contributed by atoms with van der Waals surface area (Å²) in [5.41, 5.74) is -0.533. The number of piperidine rings is 1. The molecule has 1 aromatic heterocycles. The fourth-order valence-corrected chi connectivity index (χ4v) is 5.09. The molecule has 1 saturated carbocycles. The van der Waals surface area contributed by atoms with E-state index in [1.165, 1.54) is 11.4 Å². The first-order valence-electron chi connectivity index (χ1n) is 6.67. The number of carboxylic acid groups (broad SMARTS) is 1. The lowest BCUT2D eigenvalue weighted by Crippen LogP contribution is -2.45. The van der Waals surface area contributed by atoms with Crippen LogP contribution in [-0.2, 0) is 17.1 Å². The Morgan fingerprint density at radius 1 is 1.35 bits per heavy atom. The van der Waals surface area contributed by atoms with Gasteiger partial charge in [-0.15, -0.1) is 0 Å². The van der Waals surface area contributed by atoms with E-state index in [0.717, 1.165) is 43.0 Å². The van der Waals surface area contributed by atoms with Gasteiger partial charge < -0.3 is 5.11 Å². The second kappa shape index (κ2) is 4.29. The predicted octanol–water partition coefficient (Wildman–Crippen LogP) is 0.825. The maximum absolute atomic E-state index is 12.8. The lowest BCUT2D eigenvalue weighted by molar-refractivity contribution is 0.0680. The van der Waals surface area contributed by atoms with Crippen LogP contribution < -0.4 is 0 Å². The summed E-state index contributed by atoms with van der Waals surface area (Å²) in [4.78, 5) is 11.1. The Morgan fingerprint density at radius 3 is 2.65 bits per heavy atom. The maximum Gasteiger partial charge on any atom is 0.355 e. The summed E-state index contributed by atoms with van der Waals surface area (Å²) in [6, 6.07) is 0. The van der Waals surface area contributed by atoms with Crippen molar-refractivity contribution in [2.45, 2.75) is 42.5 Å². The summed E-state index contributed by atoms with van der Waals surface area (Å²) < 4.78 is 28.2. The van der Waals surface area contributed by atoms with Crippen molar-refractivity contribution >= 4 is 16.0 Å². The summed E-state index contributed by atoms with van der Waals surface area (Å²) in [5, 5.41) is 13.0. The molecule has 0 unspecified atom stereocenters. The SMILES string of the molecule is Cn1ncc(S(=O)(=O)N2CCCCC23CC3)c1C(=O)O. The number of carbonyl (C=O) groups is 1. The highest BCUT2D eigenvalue weighted by atomic mass is 32.2. The first-order valence-corrected chi connectivity index (χ1v) is 8.11. The smallest absolute Gasteiger partial charge is 0.355 e. The molecule has 1 aliphatic heterocycles. The fraction of sp³-hybridized carbons (Fsp3) is 0.667. The van der Waals surface area contributed by atoms with Crippen molar-refractivity contribution in [2.24, 2.45) is 7.05 Å². The molecule has 1 aromatic rings. The van der Waals surface area contributed by atoms with Crippen LogP contribution in [0.4, 0.5) is 0 Å². The Kier molecular flexibility index (Phi) is 2.91. The number of aryl methyl sites for hydroxylation is 1. The molecule has 1 saturated heterocycles. The van der Waals surface area contributed by atoms with Crippen LogP contribution in [0.1, 0.15) is 42.6 Å². The van der Waals surface area contributed by atoms with Gasteiger partial charge in [0.2, 0.25) is 10.0 Å². The van der Waals surface area contributed by atoms with Gasteiger partial charge in [-0.3, -0.25) is 4.68 Å². The fourth-order valence-electron chi connectivity index (χ4n) is 3.06. The number of sulfonamides is 1. The van der Waals surface area contributed by atoms with E-state index in [1.54, 1.807) is 0 Å². The monoisotopic (exact) mass is 299 g/mol. The Labute approximate surface area is 117 Å². The molecule has 0 radical (unpaired) electrons. The minimum atomic E-state index is -3.79. The quantitative estimate of drug-likeness (QED) is 0.892. The van der Waals surface area contributed by atoms with Crippen LogP contribution in [0, 0.1) is 0 Å². The first-order chi connectivity index (χ1) is 9.38. The molecule has 0 atom stereocenters. The van der Waals surface area contributed by atoms with Crippen LogP contribution in [0.15, 0.2) is 11.1 Å². The van der Waals surface area contributed by atoms with Crippen molar-refractivity contribution in [3.63, 3.8) is 0 Å². The molecular weight excluding hydrogens is 282 g/mol. The molecular formula is C12H17N3O4S. The highest BCUT2D eigenvalue weighted by molar-refractivity contribution is 7.89. The van der Waals surface area contributed by atoms with Crippen LogP contribution in [0.25, 0.3) is 0 Å². The highest BCUT2D eigenvalue weighted by Crippen LogP contribution is 2.50. The Balaban J connectivity index is 2.06. The van der Waals surface area contributed by atoms with E-state index < -0.39 is 16.0 Å². The predicted molar refractivity (Wildman–Crippen MR) is 69.9 cm³/mol. The van der Waals surface area contributed by atoms with E-state index in [9.17, 15) is 18.3 Å². The van der Waals surface area contributed by atoms with Crippen LogP contribution in [0.2, 0.25) is 0 Å². The third-order valence-corrected chi connectivity index (χ3v) is 6.29. The normalized spacial score (nSPS) is 22.1. The minimum Gasteiger partial charge on any atom is -0.476 e. The third-order valence-electron chi connectivity index (χ3n) is 4.29. The summed E-state index contributed by atoms with van der Waals surface area (Å²) >= 11 is 0. The molecule has 1 N–H and O–H groups in total. The lowest BCUT2D eigenvalue weighted by Gasteiger charge is -2.34. The highest BCUT2D eigenvalue weighted by Gasteiger charge is 2.54. The largest absolute Gasteiger partial charge is 0.476 e. The number of carboxylic acids is 1. The van der Waals surface area contributed by atoms with Crippen molar-refractivity contribution in [3.8, 4) is 0 Å². The van der Waals surface area contributed by atoms with Crippen LogP contribution in [0.5, 0.6) is 0 Å². The van der Waals surface area contributed by atoms with Gasteiger partial charge >= 0.3 is 5.97 Å². The van der Waals surface area contributed by atoms with Crippen molar-refractivity contribution in [3.05, 3.63) is 11.9 Å². The first kappa shape index (κ1) is 13.6. The molecule has 3 rings (SSSR count). The van der Waals surface area contributed by atoms with Gasteiger partial charge in [0.05, 0.1) is 6.20 Å². The van der Waals surface area contributed by atoms with Crippen molar-refractivity contribution in [2.75, 3.05) is 6.54 Å². The standard InChI is InChI=1S/C12H17N3O4S/c1-14-10(11(16)17)9(8-13-14)20(18,19)15-7-3-2-4-12(15)5-6-12/h8H,2-7H2,1H3,(H,16,17). The summed E-state index contributed by atoms with van der Waals surface area (Å²) in [6.07, 6.45) is 5.61. The molecule has 20 heavy (non-hydrogen) atoms. The van der Waals surface area contributed by atoms with E-state index in [4.69, 9.17) is 0 Å². The lowest BCUT2D eigenvalue weighted by atomic mass is 10.0. The summed E-state index contributed by atoms with van der Waals surface area (Å²) in [5.74, 6) is -1.27. The Hall–Kier alpha value is -1.41. The number of aromatic carboxylic acids is 1. The molecule has 110 valence electrons.